The van der Waals surface area contributed by atoms with Crippen LogP contribution in [-0.2, 0) is 22.7 Å². The lowest BCUT2D eigenvalue weighted by molar-refractivity contribution is -0.121. The quantitative estimate of drug-likeness (QED) is 0.227. The molecular weight excluding hydrogens is 594 g/mol. The van der Waals surface area contributed by atoms with Crippen molar-refractivity contribution < 1.29 is 33.1 Å². The molecule has 44 heavy (non-hydrogen) atoms. The largest absolute Gasteiger partial charge is 0.508 e. The monoisotopic (exact) mass is 618 g/mol. The molecule has 1 saturated heterocycles. The van der Waals surface area contributed by atoms with Gasteiger partial charge in [-0.15, -0.1) is 11.3 Å². The first kappa shape index (κ1) is 28.7. The first-order valence-electron chi connectivity index (χ1n) is 13.4. The van der Waals surface area contributed by atoms with E-state index in [2.05, 4.69) is 20.9 Å². The Morgan fingerprint density at radius 3 is 2.70 bits per heavy atom. The molecule has 2 aliphatic rings. The summed E-state index contributed by atoms with van der Waals surface area (Å²) in [5, 5.41) is 20.4. The molecule has 3 aromatic carbocycles. The number of rotatable bonds is 8. The van der Waals surface area contributed by atoms with Crippen LogP contribution in [0.2, 0.25) is 0 Å². The van der Waals surface area contributed by atoms with E-state index in [4.69, 9.17) is 0 Å². The molecule has 0 saturated carbocycles. The average molecular weight is 619 g/mol. The number of nitrogens with one attached hydrogen (secondary N) is 3. The summed E-state index contributed by atoms with van der Waals surface area (Å²) in [6, 6.07) is 10.5. The van der Waals surface area contributed by atoms with Gasteiger partial charge in [0.25, 0.3) is 11.8 Å². The predicted molar refractivity (Wildman–Crippen MR) is 157 cm³/mol. The third kappa shape index (κ3) is 5.54. The minimum absolute atomic E-state index is 0.0147. The molecule has 1 aromatic heterocycles. The fourth-order valence-electron chi connectivity index (χ4n) is 5.24. The first-order valence-corrected chi connectivity index (χ1v) is 14.3. The van der Waals surface area contributed by atoms with Crippen molar-refractivity contribution >= 4 is 51.6 Å². The Morgan fingerprint density at radius 2 is 1.95 bits per heavy atom. The smallest absolute Gasteiger partial charge is 0.328 e. The number of imide groups is 1. The Labute approximate surface area is 253 Å². The Morgan fingerprint density at radius 1 is 1.11 bits per heavy atom. The first-order chi connectivity index (χ1) is 21.2. The van der Waals surface area contributed by atoms with E-state index in [0.29, 0.717) is 16.9 Å². The number of anilines is 3. The number of carbonyl (C=O) groups excluding carboxylic acids is 4. The van der Waals surface area contributed by atoms with E-state index in [-0.39, 0.29) is 53.6 Å². The van der Waals surface area contributed by atoms with Gasteiger partial charge in [0.15, 0.2) is 5.13 Å². The number of benzene rings is 3. The maximum absolute atomic E-state index is 15.1. The summed E-state index contributed by atoms with van der Waals surface area (Å²) >= 11 is 1.16. The third-order valence-corrected chi connectivity index (χ3v) is 8.03. The normalized spacial score (nSPS) is 15.2. The van der Waals surface area contributed by atoms with Crippen LogP contribution in [0.25, 0.3) is 0 Å². The Bertz CT molecular complexity index is 1800. The van der Waals surface area contributed by atoms with Gasteiger partial charge in [0.2, 0.25) is 5.91 Å². The maximum atomic E-state index is 15.1. The van der Waals surface area contributed by atoms with Crippen LogP contribution in [0, 0.1) is 11.6 Å². The molecule has 0 radical (unpaired) electrons. The minimum Gasteiger partial charge on any atom is -0.508 e. The standard InChI is InChI=1S/C30H24F2N6O5S/c31-18-5-7-23(39)20(12-18)26(27(41)36-29-33-9-11-44-29)38-15-17-2-1-3-22(25(17)28(38)42)34-14-16-4-6-19(13-21(16)32)37-10-8-24(40)35-30(37)43/h1-7,9,11-13,26,34,39H,8,10,14-15H2,(H,33,36,41)(H,35,40,43). The zero-order chi connectivity index (χ0) is 31.0. The summed E-state index contributed by atoms with van der Waals surface area (Å²) in [4.78, 5) is 57.5. The second kappa shape index (κ2) is 11.7. The summed E-state index contributed by atoms with van der Waals surface area (Å²) in [6.45, 7) is 0.102. The molecule has 0 spiro atoms. The van der Waals surface area contributed by atoms with Crippen LogP contribution >= 0.6 is 11.3 Å². The highest BCUT2D eigenvalue weighted by molar-refractivity contribution is 7.13. The maximum Gasteiger partial charge on any atom is 0.328 e. The highest BCUT2D eigenvalue weighted by Crippen LogP contribution is 2.39. The number of hydrogen-bond donors (Lipinski definition) is 4. The number of phenols is 1. The predicted octanol–water partition coefficient (Wildman–Crippen LogP) is 4.52. The number of aromatic nitrogens is 1. The van der Waals surface area contributed by atoms with Gasteiger partial charge in [0, 0.05) is 60.1 Å². The van der Waals surface area contributed by atoms with E-state index < -0.39 is 41.4 Å². The number of aromatic hydroxyl groups is 1. The molecule has 1 unspecified atom stereocenters. The number of carbonyl (C=O) groups is 4. The molecule has 1 atom stereocenters. The van der Waals surface area contributed by atoms with Gasteiger partial charge in [-0.1, -0.05) is 18.2 Å². The fourth-order valence-corrected chi connectivity index (χ4v) is 5.77. The molecule has 1 fully saturated rings. The number of halogens is 2. The van der Waals surface area contributed by atoms with Crippen molar-refractivity contribution in [3.8, 4) is 5.75 Å². The van der Waals surface area contributed by atoms with E-state index in [1.165, 1.54) is 28.1 Å². The summed E-state index contributed by atoms with van der Waals surface area (Å²) in [7, 11) is 0. The second-order valence-corrected chi connectivity index (χ2v) is 11.0. The molecular formula is C30H24F2N6O5S. The zero-order valence-electron chi connectivity index (χ0n) is 22.8. The SMILES string of the molecule is O=C1CCN(c2ccc(CNc3cccc4c3C(=O)N(C(C(=O)Nc3nccs3)c3cc(F)ccc3O)C4)c(F)c2)C(=O)N1. The van der Waals surface area contributed by atoms with Gasteiger partial charge in [0.1, 0.15) is 23.4 Å². The van der Waals surface area contributed by atoms with Crippen molar-refractivity contribution in [3.05, 3.63) is 100 Å². The van der Waals surface area contributed by atoms with Gasteiger partial charge < -0.3 is 15.3 Å². The van der Waals surface area contributed by atoms with Crippen molar-refractivity contribution in [2.24, 2.45) is 0 Å². The van der Waals surface area contributed by atoms with Crippen LogP contribution < -0.4 is 20.9 Å². The molecule has 4 aromatic rings. The van der Waals surface area contributed by atoms with Crippen molar-refractivity contribution in [1.82, 2.24) is 15.2 Å². The van der Waals surface area contributed by atoms with Crippen LogP contribution in [-0.4, -0.2) is 45.3 Å². The molecule has 0 aliphatic carbocycles. The number of hydrogen-bond acceptors (Lipinski definition) is 8. The van der Waals surface area contributed by atoms with Crippen molar-refractivity contribution in [1.29, 1.82) is 0 Å². The molecule has 4 N–H and O–H groups in total. The minimum atomic E-state index is -1.39. The molecule has 5 amide bonds. The lowest BCUT2D eigenvalue weighted by atomic mass is 10.0. The van der Waals surface area contributed by atoms with E-state index in [1.807, 2.05) is 0 Å². The summed E-state index contributed by atoms with van der Waals surface area (Å²) in [5.74, 6) is -3.28. The molecule has 11 nitrogen and oxygen atoms in total. The van der Waals surface area contributed by atoms with Crippen molar-refractivity contribution in [3.63, 3.8) is 0 Å². The highest BCUT2D eigenvalue weighted by atomic mass is 32.1. The lowest BCUT2D eigenvalue weighted by Gasteiger charge is -2.27. The van der Waals surface area contributed by atoms with E-state index >= 15 is 4.39 Å². The summed E-state index contributed by atoms with van der Waals surface area (Å²) in [6.07, 6.45) is 1.60. The van der Waals surface area contributed by atoms with Gasteiger partial charge >= 0.3 is 6.03 Å². The van der Waals surface area contributed by atoms with Gasteiger partial charge in [0.05, 0.1) is 5.56 Å². The molecule has 6 rings (SSSR count). The molecule has 224 valence electrons. The molecule has 2 aliphatic heterocycles. The number of thiazole rings is 1. The van der Waals surface area contributed by atoms with Crippen LogP contribution in [0.4, 0.5) is 30.1 Å². The highest BCUT2D eigenvalue weighted by Gasteiger charge is 2.40. The third-order valence-electron chi connectivity index (χ3n) is 7.34. The van der Waals surface area contributed by atoms with Crippen molar-refractivity contribution in [2.45, 2.75) is 25.6 Å². The average Bonchev–Trinajstić information content (AvgIpc) is 3.62. The Balaban J connectivity index is 1.24. The topological polar surface area (TPSA) is 144 Å². The van der Waals surface area contributed by atoms with Gasteiger partial charge in [-0.25, -0.2) is 18.6 Å². The van der Waals surface area contributed by atoms with E-state index in [0.717, 1.165) is 29.5 Å². The zero-order valence-corrected chi connectivity index (χ0v) is 23.7. The van der Waals surface area contributed by atoms with E-state index in [1.54, 1.807) is 29.6 Å². The van der Waals surface area contributed by atoms with Gasteiger partial charge in [-0.2, -0.15) is 0 Å². The Hall–Kier alpha value is -5.37. The second-order valence-electron chi connectivity index (χ2n) is 10.1. The number of fused-ring (bicyclic) bond motifs is 1. The van der Waals surface area contributed by atoms with Crippen LogP contribution in [0.1, 0.15) is 39.5 Å². The Kier molecular flexibility index (Phi) is 7.66. The summed E-state index contributed by atoms with van der Waals surface area (Å²) < 4.78 is 29.4. The van der Waals surface area contributed by atoms with Crippen LogP contribution in [0.5, 0.6) is 5.75 Å². The van der Waals surface area contributed by atoms with Gasteiger partial charge in [-0.05, 0) is 42.0 Å². The van der Waals surface area contributed by atoms with Gasteiger partial charge in [-0.3, -0.25) is 29.9 Å². The number of urea groups is 1. The molecule has 0 bridgehead atoms. The number of phenolic OH excluding ortho intramolecular Hbond substituents is 1. The fraction of sp³-hybridized carbons (Fsp3) is 0.167. The molecule has 3 heterocycles. The van der Waals surface area contributed by atoms with E-state index in [9.17, 15) is 28.7 Å². The lowest BCUT2D eigenvalue weighted by Crippen LogP contribution is -2.49. The van der Waals surface area contributed by atoms with Crippen LogP contribution in [0.3, 0.4) is 0 Å². The number of amides is 5. The van der Waals surface area contributed by atoms with Crippen molar-refractivity contribution in [2.75, 3.05) is 22.1 Å². The summed E-state index contributed by atoms with van der Waals surface area (Å²) in [5.41, 5.74) is 1.67. The van der Waals surface area contributed by atoms with Crippen LogP contribution in [0.15, 0.2) is 66.2 Å². The molecule has 14 heteroatoms. The number of nitrogens with zero attached hydrogens (tertiary/aromatic N) is 3.